The normalized spacial score (nSPS) is 10.8. The van der Waals surface area contributed by atoms with Gasteiger partial charge in [-0.2, -0.15) is 5.26 Å². The standard InChI is InChI=1S/C14H16ClN3O3/c15-12-1-3-13(4-2-12)18-14(20)11(9-16)10-17-5-7-21-8-6-19/h1-4,10,17,19H,5-8H2,(H,18,20)/b11-10-. The van der Waals surface area contributed by atoms with Crippen molar-refractivity contribution in [2.24, 2.45) is 0 Å². The summed E-state index contributed by atoms with van der Waals surface area (Å²) in [7, 11) is 0. The van der Waals surface area contributed by atoms with Crippen LogP contribution in [0.15, 0.2) is 36.0 Å². The third kappa shape index (κ3) is 6.77. The highest BCUT2D eigenvalue weighted by Gasteiger charge is 2.08. The van der Waals surface area contributed by atoms with Crippen LogP contribution in [0.4, 0.5) is 5.69 Å². The number of rotatable bonds is 8. The molecule has 0 radical (unpaired) electrons. The van der Waals surface area contributed by atoms with E-state index in [0.29, 0.717) is 23.9 Å². The smallest absolute Gasteiger partial charge is 0.267 e. The van der Waals surface area contributed by atoms with Crippen LogP contribution < -0.4 is 10.6 Å². The summed E-state index contributed by atoms with van der Waals surface area (Å²) in [6.45, 7) is 1.02. The van der Waals surface area contributed by atoms with Gasteiger partial charge in [-0.05, 0) is 24.3 Å². The van der Waals surface area contributed by atoms with Crippen LogP contribution in [0.25, 0.3) is 0 Å². The number of carbonyl (C=O) groups is 1. The van der Waals surface area contributed by atoms with Crippen molar-refractivity contribution < 1.29 is 14.6 Å². The lowest BCUT2D eigenvalue weighted by molar-refractivity contribution is -0.112. The summed E-state index contributed by atoms with van der Waals surface area (Å²) in [5.74, 6) is -0.511. The summed E-state index contributed by atoms with van der Waals surface area (Å²) in [6, 6.07) is 8.39. The molecule has 1 amide bonds. The van der Waals surface area contributed by atoms with Gasteiger partial charge in [-0.15, -0.1) is 0 Å². The number of nitrogens with zero attached hydrogens (tertiary/aromatic N) is 1. The zero-order valence-corrected chi connectivity index (χ0v) is 12.1. The van der Waals surface area contributed by atoms with Gasteiger partial charge >= 0.3 is 0 Å². The molecule has 7 heteroatoms. The summed E-state index contributed by atoms with van der Waals surface area (Å²) < 4.78 is 5.03. The molecule has 112 valence electrons. The molecule has 1 aromatic carbocycles. The molecule has 0 fully saturated rings. The number of nitriles is 1. The van der Waals surface area contributed by atoms with E-state index in [1.54, 1.807) is 24.3 Å². The topological polar surface area (TPSA) is 94.4 Å². The minimum absolute atomic E-state index is 0.0389. The number of aliphatic hydroxyl groups excluding tert-OH is 1. The van der Waals surface area contributed by atoms with Crippen molar-refractivity contribution in [2.75, 3.05) is 31.7 Å². The monoisotopic (exact) mass is 309 g/mol. The lowest BCUT2D eigenvalue weighted by Crippen LogP contribution is -2.19. The van der Waals surface area contributed by atoms with Crippen molar-refractivity contribution >= 4 is 23.2 Å². The number of aliphatic hydroxyl groups is 1. The van der Waals surface area contributed by atoms with E-state index < -0.39 is 5.91 Å². The second-order valence-electron chi connectivity index (χ2n) is 3.92. The summed E-state index contributed by atoms with van der Waals surface area (Å²) >= 11 is 5.74. The maximum atomic E-state index is 11.9. The van der Waals surface area contributed by atoms with Gasteiger partial charge in [-0.25, -0.2) is 0 Å². The van der Waals surface area contributed by atoms with Crippen molar-refractivity contribution in [3.8, 4) is 6.07 Å². The minimum atomic E-state index is -0.511. The van der Waals surface area contributed by atoms with Gasteiger partial charge in [0.25, 0.3) is 5.91 Å². The number of hydrogen-bond acceptors (Lipinski definition) is 5. The van der Waals surface area contributed by atoms with Gasteiger partial charge in [0.15, 0.2) is 0 Å². The quantitative estimate of drug-likeness (QED) is 0.382. The fraction of sp³-hybridized carbons (Fsp3) is 0.286. The van der Waals surface area contributed by atoms with Gasteiger partial charge in [0.1, 0.15) is 11.6 Å². The fourth-order valence-electron chi connectivity index (χ4n) is 1.35. The Morgan fingerprint density at radius 2 is 2.10 bits per heavy atom. The van der Waals surface area contributed by atoms with Crippen molar-refractivity contribution in [1.29, 1.82) is 5.26 Å². The Hall–Kier alpha value is -2.07. The zero-order chi connectivity index (χ0) is 15.5. The van der Waals surface area contributed by atoms with E-state index >= 15 is 0 Å². The number of nitrogens with one attached hydrogen (secondary N) is 2. The summed E-state index contributed by atoms with van der Waals surface area (Å²) in [6.07, 6.45) is 1.33. The number of benzene rings is 1. The molecule has 1 aromatic rings. The molecule has 0 saturated heterocycles. The van der Waals surface area contributed by atoms with Crippen LogP contribution >= 0.6 is 11.6 Å². The molecule has 6 nitrogen and oxygen atoms in total. The van der Waals surface area contributed by atoms with E-state index in [4.69, 9.17) is 26.7 Å². The van der Waals surface area contributed by atoms with Gasteiger partial charge in [0.2, 0.25) is 0 Å². The average molecular weight is 310 g/mol. The van der Waals surface area contributed by atoms with Gasteiger partial charge in [-0.1, -0.05) is 11.6 Å². The van der Waals surface area contributed by atoms with Gasteiger partial charge in [0, 0.05) is 23.5 Å². The molecule has 0 aliphatic rings. The molecule has 1 rings (SSSR count). The van der Waals surface area contributed by atoms with E-state index in [1.165, 1.54) is 6.20 Å². The van der Waals surface area contributed by atoms with Crippen LogP contribution in [-0.4, -0.2) is 37.4 Å². The average Bonchev–Trinajstić information content (AvgIpc) is 2.49. The molecule has 0 saturated carbocycles. The predicted molar refractivity (Wildman–Crippen MR) is 79.7 cm³/mol. The van der Waals surface area contributed by atoms with Crippen molar-refractivity contribution in [1.82, 2.24) is 5.32 Å². The zero-order valence-electron chi connectivity index (χ0n) is 11.3. The number of hydrogen-bond donors (Lipinski definition) is 3. The Kier molecular flexibility index (Phi) is 7.90. The van der Waals surface area contributed by atoms with Crippen LogP contribution in [0, 0.1) is 11.3 Å². The highest BCUT2D eigenvalue weighted by Crippen LogP contribution is 2.13. The number of halogens is 1. The number of amides is 1. The first-order valence-electron chi connectivity index (χ1n) is 6.26. The Balaban J connectivity index is 2.45. The van der Waals surface area contributed by atoms with Crippen molar-refractivity contribution in [3.63, 3.8) is 0 Å². The minimum Gasteiger partial charge on any atom is -0.394 e. The van der Waals surface area contributed by atoms with Crippen molar-refractivity contribution in [2.45, 2.75) is 0 Å². The summed E-state index contributed by atoms with van der Waals surface area (Å²) in [4.78, 5) is 11.9. The third-order valence-corrected chi connectivity index (χ3v) is 2.59. The highest BCUT2D eigenvalue weighted by molar-refractivity contribution is 6.30. The van der Waals surface area contributed by atoms with E-state index in [2.05, 4.69) is 10.6 Å². The molecular weight excluding hydrogens is 294 g/mol. The summed E-state index contributed by atoms with van der Waals surface area (Å²) in [5.41, 5.74) is 0.504. The molecule has 0 spiro atoms. The fourth-order valence-corrected chi connectivity index (χ4v) is 1.48. The number of carbonyl (C=O) groups excluding carboxylic acids is 1. The molecule has 0 unspecified atom stereocenters. The molecule has 0 heterocycles. The molecule has 21 heavy (non-hydrogen) atoms. The molecule has 0 aliphatic heterocycles. The maximum absolute atomic E-state index is 11.9. The Morgan fingerprint density at radius 3 is 2.71 bits per heavy atom. The van der Waals surface area contributed by atoms with Crippen molar-refractivity contribution in [3.05, 3.63) is 41.1 Å². The Labute approximate surface area is 128 Å². The van der Waals surface area contributed by atoms with Gasteiger partial charge in [-0.3, -0.25) is 4.79 Å². The van der Waals surface area contributed by atoms with Gasteiger partial charge in [0.05, 0.1) is 19.8 Å². The highest BCUT2D eigenvalue weighted by atomic mass is 35.5. The van der Waals surface area contributed by atoms with Gasteiger partial charge < -0.3 is 20.5 Å². The van der Waals surface area contributed by atoms with Crippen LogP contribution in [0.3, 0.4) is 0 Å². The lowest BCUT2D eigenvalue weighted by atomic mass is 10.2. The lowest BCUT2D eigenvalue weighted by Gasteiger charge is -2.05. The number of anilines is 1. The first-order valence-corrected chi connectivity index (χ1v) is 6.64. The SMILES string of the molecule is N#C/C(=C/NCCOCCO)C(=O)Nc1ccc(Cl)cc1. The van der Waals surface area contributed by atoms with E-state index in [9.17, 15) is 4.79 Å². The molecule has 0 bridgehead atoms. The van der Waals surface area contributed by atoms with E-state index in [0.717, 1.165) is 0 Å². The Morgan fingerprint density at radius 1 is 1.38 bits per heavy atom. The van der Waals surface area contributed by atoms with Crippen LogP contribution in [-0.2, 0) is 9.53 Å². The molecule has 0 atom stereocenters. The Bertz CT molecular complexity index is 523. The third-order valence-electron chi connectivity index (χ3n) is 2.34. The van der Waals surface area contributed by atoms with E-state index in [-0.39, 0.29) is 18.8 Å². The molecular formula is C14H16ClN3O3. The number of ether oxygens (including phenoxy) is 1. The second-order valence-corrected chi connectivity index (χ2v) is 4.36. The predicted octanol–water partition coefficient (Wildman–Crippen LogP) is 1.28. The molecule has 3 N–H and O–H groups in total. The summed E-state index contributed by atoms with van der Waals surface area (Å²) in [5, 5.41) is 23.4. The maximum Gasteiger partial charge on any atom is 0.267 e. The largest absolute Gasteiger partial charge is 0.394 e. The molecule has 0 aliphatic carbocycles. The van der Waals surface area contributed by atoms with Crippen LogP contribution in [0.2, 0.25) is 5.02 Å². The van der Waals surface area contributed by atoms with Crippen LogP contribution in [0.1, 0.15) is 0 Å². The molecule has 0 aromatic heterocycles. The first kappa shape index (κ1) is 17.0. The van der Waals surface area contributed by atoms with Crippen LogP contribution in [0.5, 0.6) is 0 Å². The first-order chi connectivity index (χ1) is 10.2. The second kappa shape index (κ2) is 9.77. The van der Waals surface area contributed by atoms with E-state index in [1.807, 2.05) is 6.07 Å².